The molecule has 0 saturated carbocycles. The number of nitrogens with two attached hydrogens (primary N) is 1. The summed E-state index contributed by atoms with van der Waals surface area (Å²) in [5.74, 6) is 1.87. The summed E-state index contributed by atoms with van der Waals surface area (Å²) in [5.41, 5.74) is 7.62. The van der Waals surface area contributed by atoms with Gasteiger partial charge in [-0.2, -0.15) is 0 Å². The lowest BCUT2D eigenvalue weighted by molar-refractivity contribution is 0.0600. The van der Waals surface area contributed by atoms with Gasteiger partial charge in [0.05, 0.1) is 35.6 Å². The van der Waals surface area contributed by atoms with Gasteiger partial charge >= 0.3 is 5.97 Å². The third-order valence-corrected chi connectivity index (χ3v) is 3.05. The van der Waals surface area contributed by atoms with Crippen molar-refractivity contribution in [1.29, 1.82) is 0 Å². The molecule has 0 atom stereocenters. The molecule has 0 bridgehead atoms. The SMILES string of the molecule is C#Cc1c(N)c(CCOCC)cc(C(=O)OC)c1Cl. The summed E-state index contributed by atoms with van der Waals surface area (Å²) in [6.45, 7) is 3.00. The highest BCUT2D eigenvalue weighted by atomic mass is 35.5. The molecule has 0 unspecified atom stereocenters. The van der Waals surface area contributed by atoms with Crippen molar-refractivity contribution in [3.05, 3.63) is 27.8 Å². The van der Waals surface area contributed by atoms with Crippen molar-refractivity contribution in [2.75, 3.05) is 26.1 Å². The topological polar surface area (TPSA) is 61.5 Å². The van der Waals surface area contributed by atoms with Crippen molar-refractivity contribution in [2.45, 2.75) is 13.3 Å². The fourth-order valence-electron chi connectivity index (χ4n) is 1.66. The maximum absolute atomic E-state index is 11.6. The second-order valence-corrected chi connectivity index (χ2v) is 4.15. The Kier molecular flexibility index (Phi) is 5.68. The largest absolute Gasteiger partial charge is 0.465 e. The van der Waals surface area contributed by atoms with Crippen LogP contribution < -0.4 is 5.73 Å². The third kappa shape index (κ3) is 3.40. The van der Waals surface area contributed by atoms with Gasteiger partial charge in [-0.1, -0.05) is 17.5 Å². The molecule has 1 rings (SSSR count). The van der Waals surface area contributed by atoms with Gasteiger partial charge < -0.3 is 15.2 Å². The Balaban J connectivity index is 3.24. The minimum Gasteiger partial charge on any atom is -0.465 e. The van der Waals surface area contributed by atoms with Crippen molar-refractivity contribution < 1.29 is 14.3 Å². The van der Waals surface area contributed by atoms with Gasteiger partial charge in [0.25, 0.3) is 0 Å². The zero-order chi connectivity index (χ0) is 14.4. The molecule has 0 radical (unpaired) electrons. The Morgan fingerprint density at radius 3 is 2.79 bits per heavy atom. The quantitative estimate of drug-likeness (QED) is 0.389. The number of carbonyl (C=O) groups is 1. The van der Waals surface area contributed by atoms with Crippen LogP contribution in [0.4, 0.5) is 5.69 Å². The molecule has 0 amide bonds. The second kappa shape index (κ2) is 7.03. The summed E-state index contributed by atoms with van der Waals surface area (Å²) in [4.78, 5) is 11.6. The summed E-state index contributed by atoms with van der Waals surface area (Å²) in [7, 11) is 1.28. The monoisotopic (exact) mass is 281 g/mol. The maximum Gasteiger partial charge on any atom is 0.339 e. The van der Waals surface area contributed by atoms with Crippen molar-refractivity contribution in [3.8, 4) is 12.3 Å². The first-order chi connectivity index (χ1) is 9.06. The van der Waals surface area contributed by atoms with E-state index in [-0.39, 0.29) is 10.6 Å². The van der Waals surface area contributed by atoms with E-state index in [0.717, 1.165) is 5.56 Å². The van der Waals surface area contributed by atoms with Gasteiger partial charge in [0.15, 0.2) is 0 Å². The highest BCUT2D eigenvalue weighted by Crippen LogP contribution is 2.30. The molecule has 0 aromatic heterocycles. The molecule has 1 aromatic rings. The zero-order valence-corrected chi connectivity index (χ0v) is 11.7. The lowest BCUT2D eigenvalue weighted by Gasteiger charge is -2.13. The first kappa shape index (κ1) is 15.4. The number of anilines is 1. The Labute approximate surface area is 117 Å². The molecule has 0 aliphatic carbocycles. The van der Waals surface area contributed by atoms with Crippen LogP contribution in [0.3, 0.4) is 0 Å². The number of esters is 1. The summed E-state index contributed by atoms with van der Waals surface area (Å²) >= 11 is 6.07. The normalized spacial score (nSPS) is 10.0. The first-order valence-electron chi connectivity index (χ1n) is 5.80. The first-order valence-corrected chi connectivity index (χ1v) is 6.18. The number of ether oxygens (including phenoxy) is 2. The van der Waals surface area contributed by atoms with Gasteiger partial charge in [-0.15, -0.1) is 6.42 Å². The Morgan fingerprint density at radius 2 is 2.26 bits per heavy atom. The van der Waals surface area contributed by atoms with Crippen LogP contribution in [0, 0.1) is 12.3 Å². The number of hydrogen-bond donors (Lipinski definition) is 1. The van der Waals surface area contributed by atoms with Gasteiger partial charge in [-0.05, 0) is 25.0 Å². The molecule has 0 aliphatic heterocycles. The third-order valence-electron chi connectivity index (χ3n) is 2.66. The van der Waals surface area contributed by atoms with E-state index in [1.807, 2.05) is 6.92 Å². The standard InChI is InChI=1S/C14H16ClNO3/c1-4-10-12(15)11(14(17)18-3)8-9(13(10)16)6-7-19-5-2/h1,8H,5-7,16H2,2-3H3. The Bertz CT molecular complexity index is 520. The Hall–Kier alpha value is -1.70. The molecular weight excluding hydrogens is 266 g/mol. The molecular formula is C14H16ClNO3. The lowest BCUT2D eigenvalue weighted by Crippen LogP contribution is -2.09. The van der Waals surface area contributed by atoms with E-state index >= 15 is 0 Å². The van der Waals surface area contributed by atoms with E-state index in [2.05, 4.69) is 10.7 Å². The van der Waals surface area contributed by atoms with Crippen molar-refractivity contribution in [1.82, 2.24) is 0 Å². The predicted octanol–water partition coefficient (Wildman–Crippen LogP) is 2.27. The second-order valence-electron chi connectivity index (χ2n) is 3.77. The van der Waals surface area contributed by atoms with Crippen LogP contribution >= 0.6 is 11.6 Å². The number of terminal acetylenes is 1. The van der Waals surface area contributed by atoms with E-state index in [4.69, 9.17) is 28.5 Å². The molecule has 4 nitrogen and oxygen atoms in total. The predicted molar refractivity (Wildman–Crippen MR) is 75.3 cm³/mol. The molecule has 102 valence electrons. The zero-order valence-electron chi connectivity index (χ0n) is 11.0. The van der Waals surface area contributed by atoms with Gasteiger partial charge in [0.2, 0.25) is 0 Å². The van der Waals surface area contributed by atoms with Crippen LogP contribution in [0.5, 0.6) is 0 Å². The lowest BCUT2D eigenvalue weighted by atomic mass is 10.0. The fraction of sp³-hybridized carbons (Fsp3) is 0.357. The molecule has 0 fully saturated rings. The summed E-state index contributed by atoms with van der Waals surface area (Å²) in [5, 5.41) is 0.145. The van der Waals surface area contributed by atoms with E-state index in [1.165, 1.54) is 7.11 Å². The van der Waals surface area contributed by atoms with Crippen LogP contribution in [0.2, 0.25) is 5.02 Å². The average Bonchev–Trinajstić information content (AvgIpc) is 2.41. The molecule has 0 aliphatic rings. The van der Waals surface area contributed by atoms with E-state index in [0.29, 0.717) is 30.9 Å². The number of carbonyl (C=O) groups excluding carboxylic acids is 1. The van der Waals surface area contributed by atoms with E-state index in [1.54, 1.807) is 6.07 Å². The van der Waals surface area contributed by atoms with Gasteiger partial charge in [-0.3, -0.25) is 0 Å². The number of halogens is 1. The fourth-order valence-corrected chi connectivity index (χ4v) is 1.95. The minimum absolute atomic E-state index is 0.145. The molecule has 1 aromatic carbocycles. The number of methoxy groups -OCH3 is 1. The molecule has 0 saturated heterocycles. The molecule has 5 heteroatoms. The van der Waals surface area contributed by atoms with Crippen LogP contribution in [0.1, 0.15) is 28.4 Å². The van der Waals surface area contributed by atoms with Crippen molar-refractivity contribution in [2.24, 2.45) is 0 Å². The van der Waals surface area contributed by atoms with E-state index < -0.39 is 5.97 Å². The number of nitrogen functional groups attached to an aromatic ring is 1. The summed E-state index contributed by atoms with van der Waals surface area (Å²) in [6, 6.07) is 1.60. The van der Waals surface area contributed by atoms with Crippen LogP contribution in [-0.4, -0.2) is 26.3 Å². The van der Waals surface area contributed by atoms with Crippen molar-refractivity contribution >= 4 is 23.3 Å². The van der Waals surface area contributed by atoms with E-state index in [9.17, 15) is 4.79 Å². The highest BCUT2D eigenvalue weighted by Gasteiger charge is 2.18. The Morgan fingerprint density at radius 1 is 1.58 bits per heavy atom. The average molecular weight is 282 g/mol. The van der Waals surface area contributed by atoms with Crippen molar-refractivity contribution in [3.63, 3.8) is 0 Å². The van der Waals surface area contributed by atoms with Gasteiger partial charge in [0.1, 0.15) is 0 Å². The smallest absolute Gasteiger partial charge is 0.339 e. The van der Waals surface area contributed by atoms with Crippen LogP contribution in [-0.2, 0) is 15.9 Å². The van der Waals surface area contributed by atoms with Crippen LogP contribution in [0.15, 0.2) is 6.07 Å². The van der Waals surface area contributed by atoms with Crippen LogP contribution in [0.25, 0.3) is 0 Å². The highest BCUT2D eigenvalue weighted by molar-refractivity contribution is 6.35. The number of hydrogen-bond acceptors (Lipinski definition) is 4. The van der Waals surface area contributed by atoms with Gasteiger partial charge in [0, 0.05) is 6.61 Å². The summed E-state index contributed by atoms with van der Waals surface area (Å²) < 4.78 is 9.94. The molecule has 19 heavy (non-hydrogen) atoms. The number of rotatable bonds is 5. The molecule has 2 N–H and O–H groups in total. The molecule has 0 heterocycles. The molecule has 0 spiro atoms. The summed E-state index contributed by atoms with van der Waals surface area (Å²) in [6.07, 6.45) is 5.94. The number of benzene rings is 1. The van der Waals surface area contributed by atoms with Gasteiger partial charge in [-0.25, -0.2) is 4.79 Å². The minimum atomic E-state index is -0.542. The maximum atomic E-state index is 11.6.